The van der Waals surface area contributed by atoms with Gasteiger partial charge in [0.05, 0.1) is 20.3 Å². The number of methoxy groups -OCH3 is 2. The van der Waals surface area contributed by atoms with E-state index in [1.807, 2.05) is 55.5 Å². The minimum absolute atomic E-state index is 0.0371. The van der Waals surface area contributed by atoms with Gasteiger partial charge in [-0.05, 0) is 30.7 Å². The molecule has 0 saturated carbocycles. The van der Waals surface area contributed by atoms with Crippen molar-refractivity contribution in [1.29, 1.82) is 0 Å². The maximum absolute atomic E-state index is 12.9. The van der Waals surface area contributed by atoms with E-state index in [0.29, 0.717) is 17.2 Å². The Bertz CT molecular complexity index is 924. The van der Waals surface area contributed by atoms with Crippen molar-refractivity contribution in [2.45, 2.75) is 13.0 Å². The second-order valence-electron chi connectivity index (χ2n) is 6.11. The Kier molecular flexibility index (Phi) is 5.76. The first-order valence-electron chi connectivity index (χ1n) is 8.55. The first-order valence-corrected chi connectivity index (χ1v) is 9.43. The lowest BCUT2D eigenvalue weighted by Gasteiger charge is -2.24. The highest BCUT2D eigenvalue weighted by Gasteiger charge is 2.21. The van der Waals surface area contributed by atoms with Gasteiger partial charge in [0.15, 0.2) is 11.5 Å². The summed E-state index contributed by atoms with van der Waals surface area (Å²) in [5.74, 6) is 1.19. The molecule has 0 bridgehead atoms. The standard InChI is InChI=1S/C21H22N2O3S/c1-14(15-8-6-5-7-9-15)23(2)21(24)17-13-27-20(22-17)16-10-11-18(25-3)19(12-16)26-4/h5-14H,1-4H3/t14-/m1/s1. The SMILES string of the molecule is COc1ccc(-c2nc(C(=O)N(C)[C@H](C)c3ccccc3)cs2)cc1OC. The molecule has 2 aromatic carbocycles. The molecule has 27 heavy (non-hydrogen) atoms. The van der Waals surface area contributed by atoms with Gasteiger partial charge in [-0.3, -0.25) is 4.79 Å². The zero-order valence-corrected chi connectivity index (χ0v) is 16.6. The number of ether oxygens (including phenoxy) is 2. The number of benzene rings is 2. The minimum Gasteiger partial charge on any atom is -0.493 e. The number of amides is 1. The fraction of sp³-hybridized carbons (Fsp3) is 0.238. The second kappa shape index (κ2) is 8.22. The normalized spacial score (nSPS) is 11.7. The Balaban J connectivity index is 1.82. The molecule has 1 heterocycles. The van der Waals surface area contributed by atoms with E-state index in [1.165, 1.54) is 11.3 Å². The Morgan fingerprint density at radius 2 is 1.78 bits per heavy atom. The van der Waals surface area contributed by atoms with Crippen LogP contribution in [0.4, 0.5) is 0 Å². The van der Waals surface area contributed by atoms with E-state index in [9.17, 15) is 4.79 Å². The Morgan fingerprint density at radius 1 is 1.07 bits per heavy atom. The van der Waals surface area contributed by atoms with E-state index < -0.39 is 0 Å². The molecule has 0 aliphatic rings. The van der Waals surface area contributed by atoms with E-state index in [4.69, 9.17) is 9.47 Å². The van der Waals surface area contributed by atoms with Crippen LogP contribution in [0.2, 0.25) is 0 Å². The average Bonchev–Trinajstić information content (AvgIpc) is 3.22. The van der Waals surface area contributed by atoms with Crippen LogP contribution in [0.5, 0.6) is 11.5 Å². The molecule has 6 heteroatoms. The second-order valence-corrected chi connectivity index (χ2v) is 6.97. The van der Waals surface area contributed by atoms with Gasteiger partial charge in [0.2, 0.25) is 0 Å². The zero-order chi connectivity index (χ0) is 19.4. The van der Waals surface area contributed by atoms with Crippen molar-refractivity contribution in [3.63, 3.8) is 0 Å². The van der Waals surface area contributed by atoms with Crippen LogP contribution in [0.1, 0.15) is 29.0 Å². The minimum atomic E-state index is -0.102. The predicted molar refractivity (Wildman–Crippen MR) is 108 cm³/mol. The maximum atomic E-state index is 12.9. The molecule has 0 aliphatic heterocycles. The van der Waals surface area contributed by atoms with Crippen LogP contribution in [0.3, 0.4) is 0 Å². The van der Waals surface area contributed by atoms with Gasteiger partial charge in [0, 0.05) is 18.0 Å². The van der Waals surface area contributed by atoms with Crippen LogP contribution in [-0.4, -0.2) is 37.1 Å². The van der Waals surface area contributed by atoms with Crippen LogP contribution in [0.25, 0.3) is 10.6 Å². The van der Waals surface area contributed by atoms with Crippen molar-refractivity contribution in [2.24, 2.45) is 0 Å². The fourth-order valence-corrected chi connectivity index (χ4v) is 3.58. The quantitative estimate of drug-likeness (QED) is 0.622. The molecule has 1 atom stereocenters. The lowest BCUT2D eigenvalue weighted by atomic mass is 10.1. The molecule has 1 amide bonds. The topological polar surface area (TPSA) is 51.7 Å². The lowest BCUT2D eigenvalue weighted by molar-refractivity contribution is 0.0737. The molecule has 3 aromatic rings. The molecule has 1 aromatic heterocycles. The van der Waals surface area contributed by atoms with Crippen LogP contribution in [0.15, 0.2) is 53.9 Å². The van der Waals surface area contributed by atoms with Gasteiger partial charge < -0.3 is 14.4 Å². The smallest absolute Gasteiger partial charge is 0.273 e. The number of carbonyl (C=O) groups excluding carboxylic acids is 1. The van der Waals surface area contributed by atoms with Crippen LogP contribution in [-0.2, 0) is 0 Å². The van der Waals surface area contributed by atoms with E-state index in [-0.39, 0.29) is 11.9 Å². The van der Waals surface area contributed by atoms with Crippen LogP contribution in [0, 0.1) is 0 Å². The largest absolute Gasteiger partial charge is 0.493 e. The number of rotatable bonds is 6. The summed E-state index contributed by atoms with van der Waals surface area (Å²) in [4.78, 5) is 19.1. The van der Waals surface area contributed by atoms with E-state index in [1.54, 1.807) is 31.5 Å². The van der Waals surface area contributed by atoms with Crippen molar-refractivity contribution in [2.75, 3.05) is 21.3 Å². The predicted octanol–water partition coefficient (Wildman–Crippen LogP) is 4.66. The highest BCUT2D eigenvalue weighted by atomic mass is 32.1. The summed E-state index contributed by atoms with van der Waals surface area (Å²) < 4.78 is 10.6. The lowest BCUT2D eigenvalue weighted by Crippen LogP contribution is -2.29. The van der Waals surface area contributed by atoms with E-state index >= 15 is 0 Å². The molecule has 5 nitrogen and oxygen atoms in total. The highest BCUT2D eigenvalue weighted by molar-refractivity contribution is 7.13. The molecule has 0 unspecified atom stereocenters. The number of hydrogen-bond acceptors (Lipinski definition) is 5. The van der Waals surface area contributed by atoms with Crippen molar-refractivity contribution in [3.8, 4) is 22.1 Å². The van der Waals surface area contributed by atoms with Crippen molar-refractivity contribution < 1.29 is 14.3 Å². The summed E-state index contributed by atoms with van der Waals surface area (Å²) in [6.45, 7) is 2.01. The first kappa shape index (κ1) is 18.9. The van der Waals surface area contributed by atoms with Crippen molar-refractivity contribution in [1.82, 2.24) is 9.88 Å². The summed E-state index contributed by atoms with van der Waals surface area (Å²) in [7, 11) is 5.00. The number of aromatic nitrogens is 1. The molecule has 0 saturated heterocycles. The molecule has 140 valence electrons. The number of nitrogens with zero attached hydrogens (tertiary/aromatic N) is 2. The Labute approximate surface area is 163 Å². The van der Waals surface area contributed by atoms with Gasteiger partial charge in [-0.15, -0.1) is 11.3 Å². The number of thiazole rings is 1. The molecule has 0 fully saturated rings. The third-order valence-corrected chi connectivity index (χ3v) is 5.43. The van der Waals surface area contributed by atoms with Gasteiger partial charge in [-0.1, -0.05) is 30.3 Å². The molecule has 3 rings (SSSR count). The van der Waals surface area contributed by atoms with Crippen molar-refractivity contribution in [3.05, 3.63) is 65.2 Å². The fourth-order valence-electron chi connectivity index (χ4n) is 2.79. The molecular formula is C21H22N2O3S. The summed E-state index contributed by atoms with van der Waals surface area (Å²) in [6.07, 6.45) is 0. The Morgan fingerprint density at radius 3 is 2.44 bits per heavy atom. The molecule has 0 aliphatic carbocycles. The summed E-state index contributed by atoms with van der Waals surface area (Å²) >= 11 is 1.43. The van der Waals surface area contributed by atoms with Crippen LogP contribution < -0.4 is 9.47 Å². The van der Waals surface area contributed by atoms with Crippen LogP contribution >= 0.6 is 11.3 Å². The summed E-state index contributed by atoms with van der Waals surface area (Å²) in [5.41, 5.74) is 2.41. The summed E-state index contributed by atoms with van der Waals surface area (Å²) in [6, 6.07) is 15.5. The maximum Gasteiger partial charge on any atom is 0.273 e. The van der Waals surface area contributed by atoms with Gasteiger partial charge in [0.25, 0.3) is 5.91 Å². The molecular weight excluding hydrogens is 360 g/mol. The third kappa shape index (κ3) is 3.95. The summed E-state index contributed by atoms with van der Waals surface area (Å²) in [5, 5.41) is 2.56. The average molecular weight is 382 g/mol. The number of hydrogen-bond donors (Lipinski definition) is 0. The Hall–Kier alpha value is -2.86. The van der Waals surface area contributed by atoms with Gasteiger partial charge in [-0.25, -0.2) is 4.98 Å². The van der Waals surface area contributed by atoms with Gasteiger partial charge >= 0.3 is 0 Å². The van der Waals surface area contributed by atoms with Gasteiger partial charge in [0.1, 0.15) is 10.7 Å². The third-order valence-electron chi connectivity index (χ3n) is 4.54. The van der Waals surface area contributed by atoms with Gasteiger partial charge in [-0.2, -0.15) is 0 Å². The zero-order valence-electron chi connectivity index (χ0n) is 15.8. The number of carbonyl (C=O) groups is 1. The monoisotopic (exact) mass is 382 g/mol. The molecule has 0 spiro atoms. The van der Waals surface area contributed by atoms with E-state index in [0.717, 1.165) is 16.1 Å². The highest BCUT2D eigenvalue weighted by Crippen LogP contribution is 2.34. The first-order chi connectivity index (χ1) is 13.0. The van der Waals surface area contributed by atoms with E-state index in [2.05, 4.69) is 4.98 Å². The molecule has 0 N–H and O–H groups in total. The molecule has 0 radical (unpaired) electrons. The van der Waals surface area contributed by atoms with Crippen molar-refractivity contribution >= 4 is 17.2 Å².